The summed E-state index contributed by atoms with van der Waals surface area (Å²) in [6.07, 6.45) is 9.15. The van der Waals surface area contributed by atoms with Crippen LogP contribution in [0, 0.1) is 0 Å². The van der Waals surface area contributed by atoms with Gasteiger partial charge in [-0.25, -0.2) is 4.79 Å². The average molecular weight is 299 g/mol. The maximum atomic E-state index is 11.5. The summed E-state index contributed by atoms with van der Waals surface area (Å²) in [5, 5.41) is 0. The van der Waals surface area contributed by atoms with Crippen molar-refractivity contribution in [2.75, 3.05) is 26.8 Å². The molecule has 21 heavy (non-hydrogen) atoms. The maximum absolute atomic E-state index is 11.5. The number of ether oxygens (including phenoxy) is 2. The average Bonchev–Trinajstić information content (AvgIpc) is 2.47. The third kappa shape index (κ3) is 12.0. The van der Waals surface area contributed by atoms with E-state index in [9.17, 15) is 9.59 Å². The number of rotatable bonds is 12. The van der Waals surface area contributed by atoms with E-state index in [1.807, 2.05) is 0 Å². The van der Waals surface area contributed by atoms with Crippen LogP contribution >= 0.6 is 0 Å². The van der Waals surface area contributed by atoms with Crippen LogP contribution in [-0.2, 0) is 14.3 Å². The Morgan fingerprint density at radius 1 is 1.05 bits per heavy atom. The first-order valence-corrected chi connectivity index (χ1v) is 7.76. The van der Waals surface area contributed by atoms with Gasteiger partial charge in [-0.1, -0.05) is 58.1 Å². The molecule has 0 atom stereocenters. The van der Waals surface area contributed by atoms with Gasteiger partial charge in [-0.3, -0.25) is 4.79 Å². The van der Waals surface area contributed by atoms with Crippen molar-refractivity contribution in [1.82, 2.24) is 4.90 Å². The van der Waals surface area contributed by atoms with Crippen LogP contribution in [0.4, 0.5) is 4.79 Å². The van der Waals surface area contributed by atoms with Crippen LogP contribution in [0.15, 0.2) is 12.7 Å². The number of nitrogens with zero attached hydrogens (tertiary/aromatic N) is 1. The lowest BCUT2D eigenvalue weighted by Gasteiger charge is -2.15. The first kappa shape index (κ1) is 19.5. The van der Waals surface area contributed by atoms with Crippen molar-refractivity contribution >= 4 is 12.1 Å². The molecule has 0 spiro atoms. The number of carbonyl (C=O) groups is 2. The summed E-state index contributed by atoms with van der Waals surface area (Å²) in [6, 6.07) is 0. The molecule has 5 nitrogen and oxygen atoms in total. The molecule has 0 rings (SSSR count). The highest BCUT2D eigenvalue weighted by atomic mass is 16.6. The molecule has 0 radical (unpaired) electrons. The molecule has 0 aromatic carbocycles. The predicted octanol–water partition coefficient (Wildman–Crippen LogP) is 3.53. The van der Waals surface area contributed by atoms with Gasteiger partial charge in [0.05, 0.1) is 6.61 Å². The molecule has 122 valence electrons. The Morgan fingerprint density at radius 2 is 1.67 bits per heavy atom. The van der Waals surface area contributed by atoms with Crippen LogP contribution in [-0.4, -0.2) is 43.8 Å². The largest absolute Gasteiger partial charge is 0.464 e. The Hall–Kier alpha value is -1.52. The van der Waals surface area contributed by atoms with Gasteiger partial charge in [0.2, 0.25) is 0 Å². The summed E-state index contributed by atoms with van der Waals surface area (Å²) < 4.78 is 9.89. The Labute approximate surface area is 128 Å². The van der Waals surface area contributed by atoms with E-state index in [1.54, 1.807) is 0 Å². The Bertz CT molecular complexity index is 305. The molecular weight excluding hydrogens is 270 g/mol. The van der Waals surface area contributed by atoms with Crippen LogP contribution in [0.1, 0.15) is 51.9 Å². The van der Waals surface area contributed by atoms with Crippen molar-refractivity contribution in [3.05, 3.63) is 12.7 Å². The standard InChI is InChI=1S/C16H29NO4/c1-4-6-7-8-9-10-11-13-20-15(18)14-17(3)16(19)21-12-5-2/h5H,2,4,6-14H2,1,3H3. The molecule has 0 fully saturated rings. The quantitative estimate of drug-likeness (QED) is 0.314. The minimum absolute atomic E-state index is 0.0908. The van der Waals surface area contributed by atoms with Crippen molar-refractivity contribution in [1.29, 1.82) is 0 Å². The van der Waals surface area contributed by atoms with E-state index >= 15 is 0 Å². The van der Waals surface area contributed by atoms with E-state index in [4.69, 9.17) is 9.47 Å². The zero-order valence-electron chi connectivity index (χ0n) is 13.4. The van der Waals surface area contributed by atoms with Crippen LogP contribution in [0.3, 0.4) is 0 Å². The molecule has 0 saturated carbocycles. The van der Waals surface area contributed by atoms with Crippen molar-refractivity contribution in [3.63, 3.8) is 0 Å². The Balaban J connectivity index is 3.53. The van der Waals surface area contributed by atoms with Gasteiger partial charge < -0.3 is 14.4 Å². The smallest absolute Gasteiger partial charge is 0.410 e. The number of unbranched alkanes of at least 4 members (excludes halogenated alkanes) is 6. The maximum Gasteiger partial charge on any atom is 0.410 e. The summed E-state index contributed by atoms with van der Waals surface area (Å²) in [6.45, 7) is 6.11. The summed E-state index contributed by atoms with van der Waals surface area (Å²) >= 11 is 0. The number of carbonyl (C=O) groups excluding carboxylic acids is 2. The van der Waals surface area contributed by atoms with Crippen LogP contribution in [0.5, 0.6) is 0 Å². The summed E-state index contributed by atoms with van der Waals surface area (Å²) in [7, 11) is 1.50. The highest BCUT2D eigenvalue weighted by Gasteiger charge is 2.14. The zero-order chi connectivity index (χ0) is 15.9. The molecular formula is C16H29NO4. The SMILES string of the molecule is C=CCOC(=O)N(C)CC(=O)OCCCCCCCCC. The van der Waals surface area contributed by atoms with Gasteiger partial charge in [0, 0.05) is 7.05 Å². The highest BCUT2D eigenvalue weighted by Crippen LogP contribution is 2.06. The van der Waals surface area contributed by atoms with E-state index < -0.39 is 12.1 Å². The Kier molecular flexibility index (Phi) is 12.5. The summed E-state index contributed by atoms with van der Waals surface area (Å²) in [5.74, 6) is -0.404. The fourth-order valence-corrected chi connectivity index (χ4v) is 1.79. The molecule has 0 unspecified atom stereocenters. The van der Waals surface area contributed by atoms with Crippen molar-refractivity contribution in [3.8, 4) is 0 Å². The van der Waals surface area contributed by atoms with Crippen molar-refractivity contribution in [2.24, 2.45) is 0 Å². The minimum Gasteiger partial charge on any atom is -0.464 e. The number of likely N-dealkylation sites (N-methyl/N-ethyl adjacent to an activating group) is 1. The van der Waals surface area contributed by atoms with Gasteiger partial charge in [-0.05, 0) is 6.42 Å². The van der Waals surface area contributed by atoms with Gasteiger partial charge in [-0.2, -0.15) is 0 Å². The van der Waals surface area contributed by atoms with Crippen molar-refractivity contribution in [2.45, 2.75) is 51.9 Å². The van der Waals surface area contributed by atoms with E-state index in [0.29, 0.717) is 6.61 Å². The fourth-order valence-electron chi connectivity index (χ4n) is 1.79. The second-order valence-electron chi connectivity index (χ2n) is 5.06. The van der Waals surface area contributed by atoms with E-state index in [1.165, 1.54) is 50.1 Å². The molecule has 0 heterocycles. The number of hydrogen-bond donors (Lipinski definition) is 0. The first-order valence-electron chi connectivity index (χ1n) is 7.76. The van der Waals surface area contributed by atoms with Crippen molar-refractivity contribution < 1.29 is 19.1 Å². The van der Waals surface area contributed by atoms with Gasteiger partial charge in [-0.15, -0.1) is 0 Å². The third-order valence-electron chi connectivity index (χ3n) is 3.01. The molecule has 0 aliphatic carbocycles. The van der Waals surface area contributed by atoms with E-state index in [0.717, 1.165) is 12.8 Å². The fraction of sp³-hybridized carbons (Fsp3) is 0.750. The Morgan fingerprint density at radius 3 is 2.29 bits per heavy atom. The summed E-state index contributed by atoms with van der Waals surface area (Å²) in [5.41, 5.74) is 0. The van der Waals surface area contributed by atoms with Crippen LogP contribution in [0.2, 0.25) is 0 Å². The number of esters is 1. The van der Waals surface area contributed by atoms with Gasteiger partial charge in [0.1, 0.15) is 13.2 Å². The van der Waals surface area contributed by atoms with E-state index in [2.05, 4.69) is 13.5 Å². The topological polar surface area (TPSA) is 55.8 Å². The molecule has 0 aliphatic rings. The lowest BCUT2D eigenvalue weighted by Crippen LogP contribution is -2.33. The third-order valence-corrected chi connectivity index (χ3v) is 3.01. The molecule has 0 aromatic heterocycles. The van der Waals surface area contributed by atoms with E-state index in [-0.39, 0.29) is 13.2 Å². The second kappa shape index (κ2) is 13.5. The first-order chi connectivity index (χ1) is 10.1. The lowest BCUT2D eigenvalue weighted by atomic mass is 10.1. The summed E-state index contributed by atoms with van der Waals surface area (Å²) in [4.78, 5) is 24.1. The normalized spacial score (nSPS) is 10.0. The van der Waals surface area contributed by atoms with Gasteiger partial charge >= 0.3 is 12.1 Å². The molecule has 0 saturated heterocycles. The van der Waals surface area contributed by atoms with Gasteiger partial charge in [0.25, 0.3) is 0 Å². The van der Waals surface area contributed by atoms with Gasteiger partial charge in [0.15, 0.2) is 0 Å². The number of hydrogen-bond acceptors (Lipinski definition) is 4. The van der Waals surface area contributed by atoms with Crippen LogP contribution < -0.4 is 0 Å². The molecule has 0 aromatic rings. The minimum atomic E-state index is -0.553. The highest BCUT2D eigenvalue weighted by molar-refractivity contribution is 5.77. The number of amides is 1. The lowest BCUT2D eigenvalue weighted by molar-refractivity contribution is -0.144. The molecule has 0 aliphatic heterocycles. The zero-order valence-corrected chi connectivity index (χ0v) is 13.4. The molecule has 5 heteroatoms. The monoisotopic (exact) mass is 299 g/mol. The second-order valence-corrected chi connectivity index (χ2v) is 5.06. The molecule has 1 amide bonds. The predicted molar refractivity (Wildman–Crippen MR) is 83.1 cm³/mol. The molecule has 0 N–H and O–H groups in total. The molecule has 0 bridgehead atoms. The van der Waals surface area contributed by atoms with Crippen LogP contribution in [0.25, 0.3) is 0 Å².